The molecule has 0 radical (unpaired) electrons. The predicted molar refractivity (Wildman–Crippen MR) is 55.9 cm³/mol. The zero-order valence-corrected chi connectivity index (χ0v) is 9.44. The highest BCUT2D eigenvalue weighted by atomic mass is 79.9. The largest absolute Gasteiger partial charge is 0.310 e. The molecule has 72 valence electrons. The monoisotopic (exact) mass is 244 g/mol. The van der Waals surface area contributed by atoms with Crippen LogP contribution in [0.2, 0.25) is 0 Å². The van der Waals surface area contributed by atoms with Crippen molar-refractivity contribution in [3.05, 3.63) is 26.3 Å². The minimum absolute atomic E-state index is 0.0738. The van der Waals surface area contributed by atoms with E-state index in [0.717, 1.165) is 30.8 Å². The van der Waals surface area contributed by atoms with Gasteiger partial charge in [-0.1, -0.05) is 20.3 Å². The Kier molecular flexibility index (Phi) is 3.66. The van der Waals surface area contributed by atoms with Gasteiger partial charge >= 0.3 is 0 Å². The zero-order chi connectivity index (χ0) is 9.84. The second-order valence-corrected chi connectivity index (χ2v) is 3.67. The van der Waals surface area contributed by atoms with Crippen LogP contribution in [0.15, 0.2) is 9.27 Å². The van der Waals surface area contributed by atoms with Gasteiger partial charge in [0.25, 0.3) is 5.56 Å². The molecule has 4 heteroatoms. The Morgan fingerprint density at radius 2 is 2.15 bits per heavy atom. The van der Waals surface area contributed by atoms with Gasteiger partial charge in [-0.3, -0.25) is 4.79 Å². The first-order valence-corrected chi connectivity index (χ1v) is 5.25. The van der Waals surface area contributed by atoms with Crippen molar-refractivity contribution in [3.8, 4) is 0 Å². The Labute approximate surface area is 85.7 Å². The normalized spacial score (nSPS) is 10.4. The first-order chi connectivity index (χ1) is 6.19. The standard InChI is InChI=1S/C9H13BrN2O/c1-3-5-6-8(10)9(13)12-7(4-2)11-6/h3-5H2,1-2H3,(H,11,12,13). The number of rotatable bonds is 3. The molecule has 0 bridgehead atoms. The molecule has 1 N–H and O–H groups in total. The van der Waals surface area contributed by atoms with Crippen molar-refractivity contribution in [2.45, 2.75) is 33.1 Å². The average molecular weight is 245 g/mol. The van der Waals surface area contributed by atoms with E-state index in [1.807, 2.05) is 6.92 Å². The topological polar surface area (TPSA) is 45.8 Å². The Morgan fingerprint density at radius 3 is 2.69 bits per heavy atom. The molecule has 1 rings (SSSR count). The summed E-state index contributed by atoms with van der Waals surface area (Å²) < 4.78 is 0.576. The molecule has 0 aliphatic heterocycles. The zero-order valence-electron chi connectivity index (χ0n) is 7.85. The summed E-state index contributed by atoms with van der Waals surface area (Å²) in [5.74, 6) is 0.761. The number of H-pyrrole nitrogens is 1. The van der Waals surface area contributed by atoms with Gasteiger partial charge in [0.2, 0.25) is 0 Å². The molecule has 1 aromatic rings. The molecule has 0 amide bonds. The molecule has 0 unspecified atom stereocenters. The Hall–Kier alpha value is -0.640. The van der Waals surface area contributed by atoms with E-state index in [1.54, 1.807) is 0 Å². The van der Waals surface area contributed by atoms with Gasteiger partial charge < -0.3 is 4.98 Å². The van der Waals surface area contributed by atoms with Crippen molar-refractivity contribution in [2.75, 3.05) is 0 Å². The molecule has 1 heterocycles. The van der Waals surface area contributed by atoms with Crippen LogP contribution in [0, 0.1) is 0 Å². The lowest BCUT2D eigenvalue weighted by Crippen LogP contribution is -2.15. The third kappa shape index (κ3) is 2.40. The third-order valence-corrected chi connectivity index (χ3v) is 2.62. The second kappa shape index (κ2) is 4.56. The van der Waals surface area contributed by atoms with E-state index < -0.39 is 0 Å². The van der Waals surface area contributed by atoms with E-state index in [1.165, 1.54) is 0 Å². The number of aromatic amines is 1. The summed E-state index contributed by atoms with van der Waals surface area (Å²) in [6, 6.07) is 0. The molecule has 0 fully saturated rings. The molecule has 1 aromatic heterocycles. The summed E-state index contributed by atoms with van der Waals surface area (Å²) >= 11 is 3.24. The molecule has 0 aliphatic rings. The molecule has 13 heavy (non-hydrogen) atoms. The van der Waals surface area contributed by atoms with Crippen LogP contribution in [0.3, 0.4) is 0 Å². The highest BCUT2D eigenvalue weighted by Gasteiger charge is 2.06. The molecule has 0 atom stereocenters. The smallest absolute Gasteiger partial charge is 0.265 e. The van der Waals surface area contributed by atoms with Gasteiger partial charge in [-0.05, 0) is 22.4 Å². The first kappa shape index (κ1) is 10.4. The van der Waals surface area contributed by atoms with Gasteiger partial charge in [0, 0.05) is 6.42 Å². The number of halogens is 1. The molecule has 0 saturated carbocycles. The Balaban J connectivity index is 3.17. The van der Waals surface area contributed by atoms with Gasteiger partial charge in [0.15, 0.2) is 0 Å². The van der Waals surface area contributed by atoms with E-state index in [9.17, 15) is 4.79 Å². The summed E-state index contributed by atoms with van der Waals surface area (Å²) in [4.78, 5) is 18.4. The maximum atomic E-state index is 11.4. The van der Waals surface area contributed by atoms with Gasteiger partial charge in [-0.2, -0.15) is 0 Å². The quantitative estimate of drug-likeness (QED) is 0.885. The van der Waals surface area contributed by atoms with Crippen molar-refractivity contribution in [1.82, 2.24) is 9.97 Å². The lowest BCUT2D eigenvalue weighted by molar-refractivity contribution is 0.815. The van der Waals surface area contributed by atoms with E-state index in [-0.39, 0.29) is 5.56 Å². The summed E-state index contributed by atoms with van der Waals surface area (Å²) in [7, 11) is 0. The highest BCUT2D eigenvalue weighted by Crippen LogP contribution is 2.10. The van der Waals surface area contributed by atoms with Crippen molar-refractivity contribution >= 4 is 15.9 Å². The summed E-state index contributed by atoms with van der Waals surface area (Å²) in [6.07, 6.45) is 2.61. The molecule has 0 saturated heterocycles. The van der Waals surface area contributed by atoms with E-state index in [0.29, 0.717) is 4.47 Å². The lowest BCUT2D eigenvalue weighted by atomic mass is 10.2. The minimum atomic E-state index is -0.0738. The van der Waals surface area contributed by atoms with Crippen LogP contribution < -0.4 is 5.56 Å². The number of aryl methyl sites for hydroxylation is 2. The van der Waals surface area contributed by atoms with Gasteiger partial charge in [0.05, 0.1) is 5.69 Å². The lowest BCUT2D eigenvalue weighted by Gasteiger charge is -2.03. The van der Waals surface area contributed by atoms with E-state index in [2.05, 4.69) is 32.8 Å². The van der Waals surface area contributed by atoms with Crippen molar-refractivity contribution in [1.29, 1.82) is 0 Å². The van der Waals surface area contributed by atoms with Crippen molar-refractivity contribution in [3.63, 3.8) is 0 Å². The minimum Gasteiger partial charge on any atom is -0.310 e. The number of nitrogens with zero attached hydrogens (tertiary/aromatic N) is 1. The number of hydrogen-bond donors (Lipinski definition) is 1. The summed E-state index contributed by atoms with van der Waals surface area (Å²) in [6.45, 7) is 4.04. The fourth-order valence-corrected chi connectivity index (χ4v) is 1.51. The molecule has 0 spiro atoms. The Bertz CT molecular complexity index is 346. The van der Waals surface area contributed by atoms with E-state index in [4.69, 9.17) is 0 Å². The number of nitrogens with one attached hydrogen (secondary N) is 1. The van der Waals surface area contributed by atoms with Crippen LogP contribution in [0.1, 0.15) is 31.8 Å². The van der Waals surface area contributed by atoms with Crippen LogP contribution in [-0.4, -0.2) is 9.97 Å². The van der Waals surface area contributed by atoms with Crippen LogP contribution in [0.4, 0.5) is 0 Å². The SMILES string of the molecule is CCCc1nc(CC)[nH]c(=O)c1Br. The van der Waals surface area contributed by atoms with Gasteiger partial charge in [-0.25, -0.2) is 4.98 Å². The summed E-state index contributed by atoms with van der Waals surface area (Å²) in [5, 5.41) is 0. The summed E-state index contributed by atoms with van der Waals surface area (Å²) in [5.41, 5.74) is 0.790. The van der Waals surface area contributed by atoms with Crippen LogP contribution in [-0.2, 0) is 12.8 Å². The molecule has 0 aliphatic carbocycles. The first-order valence-electron chi connectivity index (χ1n) is 4.46. The second-order valence-electron chi connectivity index (χ2n) is 2.88. The van der Waals surface area contributed by atoms with Crippen molar-refractivity contribution in [2.24, 2.45) is 0 Å². The molecule has 3 nitrogen and oxygen atoms in total. The molecular formula is C9H13BrN2O. The van der Waals surface area contributed by atoms with Crippen molar-refractivity contribution < 1.29 is 0 Å². The molecule has 0 aromatic carbocycles. The fraction of sp³-hybridized carbons (Fsp3) is 0.556. The maximum Gasteiger partial charge on any atom is 0.265 e. The number of aromatic nitrogens is 2. The van der Waals surface area contributed by atoms with Crippen LogP contribution >= 0.6 is 15.9 Å². The average Bonchev–Trinajstić information content (AvgIpc) is 2.13. The highest BCUT2D eigenvalue weighted by molar-refractivity contribution is 9.10. The Morgan fingerprint density at radius 1 is 1.46 bits per heavy atom. The van der Waals surface area contributed by atoms with Crippen LogP contribution in [0.5, 0.6) is 0 Å². The predicted octanol–water partition coefficient (Wildman–Crippen LogP) is 2.05. The third-order valence-electron chi connectivity index (χ3n) is 1.80. The number of hydrogen-bond acceptors (Lipinski definition) is 2. The molecular weight excluding hydrogens is 232 g/mol. The fourth-order valence-electron chi connectivity index (χ4n) is 1.13. The van der Waals surface area contributed by atoms with Gasteiger partial charge in [0.1, 0.15) is 10.3 Å². The van der Waals surface area contributed by atoms with E-state index >= 15 is 0 Å². The van der Waals surface area contributed by atoms with Crippen LogP contribution in [0.25, 0.3) is 0 Å². The van der Waals surface area contributed by atoms with Gasteiger partial charge in [-0.15, -0.1) is 0 Å². The maximum absolute atomic E-state index is 11.4.